The van der Waals surface area contributed by atoms with Gasteiger partial charge < -0.3 is 9.80 Å². The summed E-state index contributed by atoms with van der Waals surface area (Å²) < 4.78 is 1.79. The van der Waals surface area contributed by atoms with E-state index >= 15 is 0 Å². The highest BCUT2D eigenvalue weighted by Gasteiger charge is 2.24. The third-order valence-corrected chi connectivity index (χ3v) is 4.35. The van der Waals surface area contributed by atoms with Crippen LogP contribution in [0.1, 0.15) is 28.2 Å². The van der Waals surface area contributed by atoms with Gasteiger partial charge in [0.15, 0.2) is 0 Å². The summed E-state index contributed by atoms with van der Waals surface area (Å²) in [6.07, 6.45) is 1.04. The number of hydrogen-bond acceptors (Lipinski definition) is 3. The lowest BCUT2D eigenvalue weighted by atomic mass is 10.1. The first kappa shape index (κ1) is 15.5. The van der Waals surface area contributed by atoms with Crippen molar-refractivity contribution in [3.63, 3.8) is 0 Å². The largest absolute Gasteiger partial charge is 0.337 e. The molecule has 1 aliphatic heterocycles. The Morgan fingerprint density at radius 1 is 1.25 bits per heavy atom. The second-order valence-corrected chi connectivity index (χ2v) is 6.14. The molecule has 1 saturated heterocycles. The van der Waals surface area contributed by atoms with Gasteiger partial charge in [0, 0.05) is 44.3 Å². The maximum absolute atomic E-state index is 12.7. The fourth-order valence-electron chi connectivity index (χ4n) is 2.76. The third-order valence-electron chi connectivity index (χ3n) is 4.00. The summed E-state index contributed by atoms with van der Waals surface area (Å²) in [5.74, 6) is 0.133. The molecule has 1 aliphatic rings. The number of rotatable bonds is 3. The summed E-state index contributed by atoms with van der Waals surface area (Å²) in [7, 11) is 1.89. The highest BCUT2D eigenvalue weighted by Crippen LogP contribution is 2.16. The van der Waals surface area contributed by atoms with Crippen LogP contribution in [0.4, 0.5) is 0 Å². The first-order chi connectivity index (χ1) is 9.54. The summed E-state index contributed by atoms with van der Waals surface area (Å²) in [6, 6.07) is 0. The van der Waals surface area contributed by atoms with Gasteiger partial charge in [-0.2, -0.15) is 5.10 Å². The van der Waals surface area contributed by atoms with Gasteiger partial charge in [0.05, 0.1) is 11.3 Å². The van der Waals surface area contributed by atoms with Gasteiger partial charge in [-0.3, -0.25) is 9.48 Å². The van der Waals surface area contributed by atoms with Crippen molar-refractivity contribution in [3.05, 3.63) is 17.0 Å². The van der Waals surface area contributed by atoms with E-state index in [1.165, 1.54) is 0 Å². The van der Waals surface area contributed by atoms with Crippen LogP contribution in [0.25, 0.3) is 0 Å². The van der Waals surface area contributed by atoms with Crippen LogP contribution in [0.15, 0.2) is 0 Å². The topological polar surface area (TPSA) is 41.4 Å². The number of carbonyl (C=O) groups is 1. The van der Waals surface area contributed by atoms with Crippen LogP contribution in [-0.4, -0.2) is 63.5 Å². The number of nitrogens with zero attached hydrogens (tertiary/aromatic N) is 4. The fourth-order valence-corrected chi connectivity index (χ4v) is 3.26. The van der Waals surface area contributed by atoms with Crippen LogP contribution < -0.4 is 0 Å². The molecular weight excluding hydrogens is 320 g/mol. The van der Waals surface area contributed by atoms with E-state index in [1.807, 2.05) is 25.8 Å². The molecule has 6 heteroatoms. The normalized spacial score (nSPS) is 17.3. The van der Waals surface area contributed by atoms with Crippen LogP contribution in [-0.2, 0) is 7.05 Å². The van der Waals surface area contributed by atoms with Crippen LogP contribution in [0, 0.1) is 13.8 Å². The Balaban J connectivity index is 2.09. The molecule has 1 fully saturated rings. The van der Waals surface area contributed by atoms with E-state index in [2.05, 4.69) is 25.9 Å². The van der Waals surface area contributed by atoms with Gasteiger partial charge in [-0.25, -0.2) is 0 Å². The molecule has 0 N–H and O–H groups in total. The average molecular weight is 343 g/mol. The van der Waals surface area contributed by atoms with Crippen molar-refractivity contribution >= 4 is 21.8 Å². The first-order valence-corrected chi connectivity index (χ1v) is 8.24. The van der Waals surface area contributed by atoms with Gasteiger partial charge in [-0.05, 0) is 26.8 Å². The lowest BCUT2D eigenvalue weighted by Crippen LogP contribution is -2.36. The molecule has 0 spiro atoms. The number of aromatic nitrogens is 2. The van der Waals surface area contributed by atoms with Crippen LogP contribution >= 0.6 is 15.9 Å². The van der Waals surface area contributed by atoms with Crippen LogP contribution in [0.5, 0.6) is 0 Å². The van der Waals surface area contributed by atoms with E-state index in [9.17, 15) is 4.79 Å². The van der Waals surface area contributed by atoms with Gasteiger partial charge in [-0.1, -0.05) is 15.9 Å². The molecule has 0 atom stereocenters. The molecule has 0 saturated carbocycles. The Labute approximate surface area is 129 Å². The summed E-state index contributed by atoms with van der Waals surface area (Å²) in [5, 5.41) is 5.33. The molecule has 1 amide bonds. The highest BCUT2D eigenvalue weighted by molar-refractivity contribution is 9.09. The third kappa shape index (κ3) is 3.23. The van der Waals surface area contributed by atoms with Crippen LogP contribution in [0.3, 0.4) is 0 Å². The zero-order valence-electron chi connectivity index (χ0n) is 12.5. The quantitative estimate of drug-likeness (QED) is 0.783. The Hall–Kier alpha value is -0.880. The van der Waals surface area contributed by atoms with Gasteiger partial charge in [0.2, 0.25) is 0 Å². The van der Waals surface area contributed by atoms with E-state index in [1.54, 1.807) is 4.68 Å². The predicted octanol–water partition coefficient (Wildman–Crippen LogP) is 1.58. The Bertz CT molecular complexity index is 486. The zero-order chi connectivity index (χ0) is 14.7. The fraction of sp³-hybridized carbons (Fsp3) is 0.714. The van der Waals surface area contributed by atoms with Gasteiger partial charge in [0.1, 0.15) is 0 Å². The molecule has 2 heterocycles. The molecule has 0 radical (unpaired) electrons. The molecule has 0 bridgehead atoms. The van der Waals surface area contributed by atoms with Crippen molar-refractivity contribution in [2.45, 2.75) is 20.3 Å². The van der Waals surface area contributed by atoms with Crippen LogP contribution in [0.2, 0.25) is 0 Å². The predicted molar refractivity (Wildman–Crippen MR) is 83.4 cm³/mol. The smallest absolute Gasteiger partial charge is 0.257 e. The number of alkyl halides is 1. The number of amides is 1. The summed E-state index contributed by atoms with van der Waals surface area (Å²) >= 11 is 3.48. The Morgan fingerprint density at radius 3 is 2.60 bits per heavy atom. The number of hydrogen-bond donors (Lipinski definition) is 0. The molecule has 1 aromatic heterocycles. The SMILES string of the molecule is Cc1nn(C)c(C)c1C(=O)N1CCCN(CCBr)CC1. The lowest BCUT2D eigenvalue weighted by Gasteiger charge is -2.21. The Kier molecular flexibility index (Phi) is 5.21. The standard InChI is InChI=1S/C14H23BrN4O/c1-11-13(12(2)17(3)16-11)14(20)19-7-4-6-18(8-5-15)9-10-19/h4-10H2,1-3H3. The number of halogens is 1. The van der Waals surface area contributed by atoms with Gasteiger partial charge in [0.25, 0.3) is 5.91 Å². The molecule has 0 unspecified atom stereocenters. The number of aryl methyl sites for hydroxylation is 2. The minimum atomic E-state index is 0.133. The van der Waals surface area contributed by atoms with Crippen molar-refractivity contribution < 1.29 is 4.79 Å². The van der Waals surface area contributed by atoms with E-state index in [0.717, 1.165) is 61.4 Å². The molecule has 5 nitrogen and oxygen atoms in total. The van der Waals surface area contributed by atoms with Gasteiger partial charge >= 0.3 is 0 Å². The van der Waals surface area contributed by atoms with Crippen molar-refractivity contribution in [2.75, 3.05) is 38.1 Å². The van der Waals surface area contributed by atoms with E-state index < -0.39 is 0 Å². The first-order valence-electron chi connectivity index (χ1n) is 7.12. The monoisotopic (exact) mass is 342 g/mol. The van der Waals surface area contributed by atoms with E-state index in [-0.39, 0.29) is 5.91 Å². The summed E-state index contributed by atoms with van der Waals surface area (Å²) in [5.41, 5.74) is 2.56. The van der Waals surface area contributed by atoms with Gasteiger partial charge in [-0.15, -0.1) is 0 Å². The van der Waals surface area contributed by atoms with E-state index in [0.29, 0.717) is 0 Å². The maximum atomic E-state index is 12.7. The molecule has 20 heavy (non-hydrogen) atoms. The molecule has 1 aromatic rings. The van der Waals surface area contributed by atoms with Crippen molar-refractivity contribution in [1.29, 1.82) is 0 Å². The Morgan fingerprint density at radius 2 is 2.00 bits per heavy atom. The number of carbonyl (C=O) groups excluding carboxylic acids is 1. The molecule has 0 aromatic carbocycles. The zero-order valence-corrected chi connectivity index (χ0v) is 14.1. The average Bonchev–Trinajstić information content (AvgIpc) is 2.59. The molecular formula is C14H23BrN4O. The van der Waals surface area contributed by atoms with Crippen molar-refractivity contribution in [1.82, 2.24) is 19.6 Å². The summed E-state index contributed by atoms with van der Waals surface area (Å²) in [4.78, 5) is 17.1. The molecule has 112 valence electrons. The summed E-state index contributed by atoms with van der Waals surface area (Å²) in [6.45, 7) is 8.59. The minimum Gasteiger partial charge on any atom is -0.337 e. The highest BCUT2D eigenvalue weighted by atomic mass is 79.9. The van der Waals surface area contributed by atoms with E-state index in [4.69, 9.17) is 0 Å². The lowest BCUT2D eigenvalue weighted by molar-refractivity contribution is 0.0760. The molecule has 0 aliphatic carbocycles. The van der Waals surface area contributed by atoms with Crippen molar-refractivity contribution in [2.24, 2.45) is 7.05 Å². The second kappa shape index (κ2) is 6.72. The maximum Gasteiger partial charge on any atom is 0.257 e. The second-order valence-electron chi connectivity index (χ2n) is 5.35. The van der Waals surface area contributed by atoms with Crippen molar-refractivity contribution in [3.8, 4) is 0 Å². The molecule has 2 rings (SSSR count). The minimum absolute atomic E-state index is 0.133.